The Kier molecular flexibility index (Phi) is 6.13. The lowest BCUT2D eigenvalue weighted by molar-refractivity contribution is 0.232. The van der Waals surface area contributed by atoms with Gasteiger partial charge in [0.2, 0.25) is 0 Å². The van der Waals surface area contributed by atoms with E-state index in [1.54, 1.807) is 6.20 Å². The highest BCUT2D eigenvalue weighted by Crippen LogP contribution is 2.11. The van der Waals surface area contributed by atoms with E-state index in [1.165, 1.54) is 16.7 Å². The molecule has 1 aromatic heterocycles. The van der Waals surface area contributed by atoms with Gasteiger partial charge >= 0.3 is 0 Å². The lowest BCUT2D eigenvalue weighted by Gasteiger charge is -2.11. The Morgan fingerprint density at radius 3 is 2.62 bits per heavy atom. The number of likely N-dealkylation sites (N-methyl/N-ethyl adjacent to an activating group) is 1. The van der Waals surface area contributed by atoms with E-state index in [4.69, 9.17) is 5.11 Å². The summed E-state index contributed by atoms with van der Waals surface area (Å²) < 4.78 is 0. The summed E-state index contributed by atoms with van der Waals surface area (Å²) in [6.45, 7) is 1.75. The van der Waals surface area contributed by atoms with Crippen LogP contribution in [-0.4, -0.2) is 41.7 Å². The Bertz CT molecular complexity index is 549. The molecule has 2 aromatic rings. The van der Waals surface area contributed by atoms with Gasteiger partial charge < -0.3 is 10.0 Å². The highest BCUT2D eigenvalue weighted by atomic mass is 16.3. The van der Waals surface area contributed by atoms with E-state index in [0.717, 1.165) is 13.0 Å². The van der Waals surface area contributed by atoms with Gasteiger partial charge in [0.15, 0.2) is 0 Å². The van der Waals surface area contributed by atoms with Crippen molar-refractivity contribution >= 4 is 6.08 Å². The lowest BCUT2D eigenvalue weighted by Crippen LogP contribution is -2.21. The number of pyridine rings is 1. The van der Waals surface area contributed by atoms with Crippen molar-refractivity contribution in [3.8, 4) is 0 Å². The van der Waals surface area contributed by atoms with Gasteiger partial charge in [0.25, 0.3) is 0 Å². The van der Waals surface area contributed by atoms with Crippen molar-refractivity contribution in [1.29, 1.82) is 0 Å². The number of rotatable bonds is 7. The van der Waals surface area contributed by atoms with Crippen LogP contribution in [0.4, 0.5) is 0 Å². The molecule has 21 heavy (non-hydrogen) atoms. The molecule has 0 amide bonds. The molecule has 0 saturated heterocycles. The number of hydrogen-bond acceptors (Lipinski definition) is 3. The average Bonchev–Trinajstić information content (AvgIpc) is 2.50. The fourth-order valence-corrected chi connectivity index (χ4v) is 2.12. The van der Waals surface area contributed by atoms with Gasteiger partial charge in [-0.05, 0) is 36.2 Å². The molecule has 0 saturated carbocycles. The third kappa shape index (κ3) is 5.50. The molecular formula is C18H22N2O. The zero-order valence-electron chi connectivity index (χ0n) is 12.4. The van der Waals surface area contributed by atoms with Gasteiger partial charge in [-0.1, -0.05) is 42.5 Å². The molecule has 110 valence electrons. The molecule has 0 aliphatic heterocycles. The van der Waals surface area contributed by atoms with Crippen molar-refractivity contribution in [2.45, 2.75) is 6.42 Å². The number of nitrogens with zero attached hydrogens (tertiary/aromatic N) is 2. The standard InChI is InChI=1S/C18H22N2O/c1-20(12-13-21)11-3-5-16-6-8-17(9-7-16)14-18-4-2-10-19-15-18/h2-10,15,21H,11-14H2,1H3/b5-3+. The van der Waals surface area contributed by atoms with Crippen molar-refractivity contribution < 1.29 is 5.11 Å². The zero-order valence-corrected chi connectivity index (χ0v) is 12.4. The average molecular weight is 282 g/mol. The first kappa shape index (κ1) is 15.4. The molecule has 3 nitrogen and oxygen atoms in total. The molecule has 3 heteroatoms. The molecule has 0 fully saturated rings. The minimum absolute atomic E-state index is 0.202. The summed E-state index contributed by atoms with van der Waals surface area (Å²) in [6.07, 6.45) is 8.85. The number of aliphatic hydroxyl groups is 1. The maximum Gasteiger partial charge on any atom is 0.0558 e. The second-order valence-electron chi connectivity index (χ2n) is 5.17. The van der Waals surface area contributed by atoms with Crippen LogP contribution in [0.3, 0.4) is 0 Å². The first-order chi connectivity index (χ1) is 10.3. The lowest BCUT2D eigenvalue weighted by atomic mass is 10.0. The van der Waals surface area contributed by atoms with Crippen LogP contribution in [0.15, 0.2) is 54.9 Å². The van der Waals surface area contributed by atoms with Crippen LogP contribution in [0.25, 0.3) is 6.08 Å². The predicted octanol–water partition coefficient (Wildman–Crippen LogP) is 2.61. The van der Waals surface area contributed by atoms with Crippen LogP contribution < -0.4 is 0 Å². The van der Waals surface area contributed by atoms with Crippen LogP contribution in [0.2, 0.25) is 0 Å². The van der Waals surface area contributed by atoms with Crippen molar-refractivity contribution in [3.63, 3.8) is 0 Å². The zero-order chi connectivity index (χ0) is 14.9. The van der Waals surface area contributed by atoms with E-state index in [1.807, 2.05) is 19.3 Å². The van der Waals surface area contributed by atoms with Crippen molar-refractivity contribution in [1.82, 2.24) is 9.88 Å². The highest BCUT2D eigenvalue weighted by Gasteiger charge is 1.96. The van der Waals surface area contributed by atoms with E-state index < -0.39 is 0 Å². The van der Waals surface area contributed by atoms with Crippen molar-refractivity contribution in [2.75, 3.05) is 26.7 Å². The van der Waals surface area contributed by atoms with Gasteiger partial charge in [-0.15, -0.1) is 0 Å². The molecule has 0 bridgehead atoms. The van der Waals surface area contributed by atoms with Crippen LogP contribution in [0, 0.1) is 0 Å². The van der Waals surface area contributed by atoms with Gasteiger partial charge in [0.05, 0.1) is 6.61 Å². The fraction of sp³-hybridized carbons (Fsp3) is 0.278. The number of aromatic nitrogens is 1. The Balaban J connectivity index is 1.88. The molecule has 1 heterocycles. The number of benzene rings is 1. The third-order valence-corrected chi connectivity index (χ3v) is 3.32. The summed E-state index contributed by atoms with van der Waals surface area (Å²) in [5, 5.41) is 8.83. The van der Waals surface area contributed by atoms with E-state index >= 15 is 0 Å². The smallest absolute Gasteiger partial charge is 0.0558 e. The summed E-state index contributed by atoms with van der Waals surface area (Å²) in [4.78, 5) is 6.21. The predicted molar refractivity (Wildman–Crippen MR) is 87.1 cm³/mol. The summed E-state index contributed by atoms with van der Waals surface area (Å²) in [6, 6.07) is 12.6. The first-order valence-corrected chi connectivity index (χ1v) is 7.22. The first-order valence-electron chi connectivity index (χ1n) is 7.22. The summed E-state index contributed by atoms with van der Waals surface area (Å²) in [7, 11) is 2.00. The normalized spacial score (nSPS) is 11.4. The van der Waals surface area contributed by atoms with Gasteiger partial charge in [-0.25, -0.2) is 0 Å². The molecule has 1 aromatic carbocycles. The minimum atomic E-state index is 0.202. The van der Waals surface area contributed by atoms with Gasteiger partial charge in [0, 0.05) is 25.5 Å². The number of aliphatic hydroxyl groups excluding tert-OH is 1. The van der Waals surface area contributed by atoms with Gasteiger partial charge in [-0.2, -0.15) is 0 Å². The Labute approximate surface area is 126 Å². The quantitative estimate of drug-likeness (QED) is 0.848. The Morgan fingerprint density at radius 2 is 1.95 bits per heavy atom. The topological polar surface area (TPSA) is 36.4 Å². The van der Waals surface area contributed by atoms with Crippen LogP contribution in [0.5, 0.6) is 0 Å². The van der Waals surface area contributed by atoms with Crippen molar-refractivity contribution in [3.05, 3.63) is 71.6 Å². The molecule has 0 radical (unpaired) electrons. The highest BCUT2D eigenvalue weighted by molar-refractivity contribution is 5.50. The fourth-order valence-electron chi connectivity index (χ4n) is 2.12. The van der Waals surface area contributed by atoms with Crippen LogP contribution in [-0.2, 0) is 6.42 Å². The maximum atomic E-state index is 8.83. The van der Waals surface area contributed by atoms with E-state index in [2.05, 4.69) is 52.4 Å². The largest absolute Gasteiger partial charge is 0.395 e. The summed E-state index contributed by atoms with van der Waals surface area (Å²) >= 11 is 0. The van der Waals surface area contributed by atoms with Gasteiger partial charge in [-0.3, -0.25) is 4.98 Å². The van der Waals surface area contributed by atoms with Crippen LogP contribution in [0.1, 0.15) is 16.7 Å². The molecule has 0 spiro atoms. The summed E-state index contributed by atoms with van der Waals surface area (Å²) in [5.74, 6) is 0. The molecule has 1 N–H and O–H groups in total. The second kappa shape index (κ2) is 8.35. The summed E-state index contributed by atoms with van der Waals surface area (Å²) in [5.41, 5.74) is 3.71. The Hall–Kier alpha value is -1.97. The van der Waals surface area contributed by atoms with Crippen molar-refractivity contribution in [2.24, 2.45) is 0 Å². The minimum Gasteiger partial charge on any atom is -0.395 e. The Morgan fingerprint density at radius 1 is 1.14 bits per heavy atom. The van der Waals surface area contributed by atoms with Crippen LogP contribution >= 0.6 is 0 Å². The number of hydrogen-bond donors (Lipinski definition) is 1. The molecule has 0 aliphatic carbocycles. The molecule has 0 atom stereocenters. The second-order valence-corrected chi connectivity index (χ2v) is 5.17. The van der Waals surface area contributed by atoms with Gasteiger partial charge in [0.1, 0.15) is 0 Å². The maximum absolute atomic E-state index is 8.83. The molecular weight excluding hydrogens is 260 g/mol. The molecule has 2 rings (SSSR count). The SMILES string of the molecule is CN(C/C=C/c1ccc(Cc2cccnc2)cc1)CCO. The van der Waals surface area contributed by atoms with E-state index in [0.29, 0.717) is 6.54 Å². The third-order valence-electron chi connectivity index (χ3n) is 3.32. The van der Waals surface area contributed by atoms with E-state index in [9.17, 15) is 0 Å². The molecule has 0 unspecified atom stereocenters. The monoisotopic (exact) mass is 282 g/mol. The van der Waals surface area contributed by atoms with E-state index in [-0.39, 0.29) is 6.61 Å². The molecule has 0 aliphatic rings.